The molecule has 0 fully saturated rings. The number of amides is 2. The number of hydrogen-bond donors (Lipinski definition) is 3. The maximum absolute atomic E-state index is 12.1. The highest BCUT2D eigenvalue weighted by Crippen LogP contribution is 2.27. The zero-order valence-corrected chi connectivity index (χ0v) is 12.6. The summed E-state index contributed by atoms with van der Waals surface area (Å²) in [6, 6.07) is 4.88. The Morgan fingerprint density at radius 2 is 2.19 bits per heavy atom. The Bertz CT molecular complexity index is 634. The number of nitrogens with two attached hydrogens (primary N) is 1. The van der Waals surface area contributed by atoms with Crippen molar-refractivity contribution in [2.75, 3.05) is 11.9 Å². The molecule has 0 radical (unpaired) electrons. The Balaban J connectivity index is 2.08. The van der Waals surface area contributed by atoms with Crippen LogP contribution >= 0.6 is 11.3 Å². The minimum absolute atomic E-state index is 0.0971. The van der Waals surface area contributed by atoms with E-state index in [0.717, 1.165) is 5.56 Å². The lowest BCUT2D eigenvalue weighted by Gasteiger charge is -2.10. The Morgan fingerprint density at radius 1 is 1.43 bits per heavy atom. The molecule has 2 aromatic heterocycles. The summed E-state index contributed by atoms with van der Waals surface area (Å²) in [5.74, 6) is -0.304. The summed E-state index contributed by atoms with van der Waals surface area (Å²) in [7, 11) is 0. The first-order valence-electron chi connectivity index (χ1n) is 6.47. The predicted molar refractivity (Wildman–Crippen MR) is 81.7 cm³/mol. The molecule has 2 heterocycles. The van der Waals surface area contributed by atoms with Gasteiger partial charge in [-0.3, -0.25) is 9.59 Å². The Hall–Kier alpha value is -2.12. The van der Waals surface area contributed by atoms with Crippen LogP contribution in [-0.4, -0.2) is 24.4 Å². The first-order valence-corrected chi connectivity index (χ1v) is 7.29. The monoisotopic (exact) mass is 307 g/mol. The zero-order chi connectivity index (χ0) is 15.4. The second kappa shape index (κ2) is 6.55. The van der Waals surface area contributed by atoms with Crippen molar-refractivity contribution in [3.63, 3.8) is 0 Å². The van der Waals surface area contributed by atoms with Crippen molar-refractivity contribution in [1.82, 2.24) is 5.32 Å². The predicted octanol–water partition coefficient (Wildman–Crippen LogP) is 1.98. The Kier molecular flexibility index (Phi) is 4.77. The van der Waals surface area contributed by atoms with Gasteiger partial charge in [0.15, 0.2) is 5.76 Å². The molecular formula is C14H17N3O3S. The fourth-order valence-corrected chi connectivity index (χ4v) is 2.67. The minimum Gasteiger partial charge on any atom is -0.459 e. The highest BCUT2D eigenvalue weighted by atomic mass is 32.1. The number of carbonyl (C=O) groups excluding carboxylic acids is 2. The standard InChI is InChI=1S/C14H17N3O3S/c1-8-6-11(17-13(18)10-4-3-5-20-10)21-12(8)14(19)16-9(2)7-15/h3-6,9H,7,15H2,1-2H3,(H,16,19)(H,17,18)/t9-/m0/s1. The molecule has 0 aliphatic carbocycles. The first-order chi connectivity index (χ1) is 10.0. The van der Waals surface area contributed by atoms with E-state index in [-0.39, 0.29) is 23.6 Å². The Morgan fingerprint density at radius 3 is 2.81 bits per heavy atom. The normalized spacial score (nSPS) is 12.0. The van der Waals surface area contributed by atoms with Gasteiger partial charge < -0.3 is 20.8 Å². The summed E-state index contributed by atoms with van der Waals surface area (Å²) in [6.07, 6.45) is 1.43. The molecule has 0 saturated heterocycles. The molecule has 0 aliphatic heterocycles. The molecule has 112 valence electrons. The molecule has 2 amide bonds. The third-order valence-electron chi connectivity index (χ3n) is 2.84. The van der Waals surface area contributed by atoms with Crippen molar-refractivity contribution in [1.29, 1.82) is 0 Å². The summed E-state index contributed by atoms with van der Waals surface area (Å²) in [5.41, 5.74) is 6.29. The second-order valence-electron chi connectivity index (χ2n) is 4.66. The summed E-state index contributed by atoms with van der Waals surface area (Å²) < 4.78 is 5.02. The molecule has 0 unspecified atom stereocenters. The van der Waals surface area contributed by atoms with Crippen LogP contribution in [0.25, 0.3) is 0 Å². The van der Waals surface area contributed by atoms with E-state index in [1.807, 2.05) is 13.8 Å². The summed E-state index contributed by atoms with van der Waals surface area (Å²) in [6.45, 7) is 4.03. The molecule has 1 atom stereocenters. The molecule has 6 nitrogen and oxygen atoms in total. The van der Waals surface area contributed by atoms with Crippen molar-refractivity contribution >= 4 is 28.2 Å². The maximum atomic E-state index is 12.1. The minimum atomic E-state index is -0.344. The van der Waals surface area contributed by atoms with Gasteiger partial charge in [0.2, 0.25) is 0 Å². The van der Waals surface area contributed by atoms with Crippen molar-refractivity contribution in [3.8, 4) is 0 Å². The average Bonchev–Trinajstić information content (AvgIpc) is 3.08. The van der Waals surface area contributed by atoms with Crippen LogP contribution < -0.4 is 16.4 Å². The van der Waals surface area contributed by atoms with E-state index in [2.05, 4.69) is 10.6 Å². The van der Waals surface area contributed by atoms with Gasteiger partial charge in [0, 0.05) is 12.6 Å². The molecule has 21 heavy (non-hydrogen) atoms. The van der Waals surface area contributed by atoms with Gasteiger partial charge in [0.05, 0.1) is 16.1 Å². The van der Waals surface area contributed by atoms with Crippen LogP contribution in [-0.2, 0) is 0 Å². The number of rotatable bonds is 5. The zero-order valence-electron chi connectivity index (χ0n) is 11.8. The summed E-state index contributed by atoms with van der Waals surface area (Å²) >= 11 is 1.22. The first kappa shape index (κ1) is 15.3. The fourth-order valence-electron chi connectivity index (χ4n) is 1.70. The van der Waals surface area contributed by atoms with Gasteiger partial charge in [-0.05, 0) is 37.6 Å². The van der Waals surface area contributed by atoms with Crippen LogP contribution in [0.5, 0.6) is 0 Å². The molecule has 2 rings (SSSR count). The number of anilines is 1. The summed E-state index contributed by atoms with van der Waals surface area (Å²) in [5, 5.41) is 6.10. The van der Waals surface area contributed by atoms with Crippen LogP contribution in [0.4, 0.5) is 5.00 Å². The quantitative estimate of drug-likeness (QED) is 0.786. The molecule has 0 saturated carbocycles. The number of aryl methyl sites for hydroxylation is 1. The molecule has 0 bridgehead atoms. The number of nitrogens with one attached hydrogen (secondary N) is 2. The maximum Gasteiger partial charge on any atom is 0.291 e. The van der Waals surface area contributed by atoms with Gasteiger partial charge in [-0.15, -0.1) is 11.3 Å². The van der Waals surface area contributed by atoms with Crippen LogP contribution in [0.3, 0.4) is 0 Å². The molecule has 7 heteroatoms. The van der Waals surface area contributed by atoms with E-state index >= 15 is 0 Å². The van der Waals surface area contributed by atoms with E-state index in [4.69, 9.17) is 10.2 Å². The number of hydrogen-bond acceptors (Lipinski definition) is 5. The smallest absolute Gasteiger partial charge is 0.291 e. The molecular weight excluding hydrogens is 290 g/mol. The van der Waals surface area contributed by atoms with E-state index in [1.54, 1.807) is 18.2 Å². The molecule has 4 N–H and O–H groups in total. The number of thiophene rings is 1. The topological polar surface area (TPSA) is 97.4 Å². The summed E-state index contributed by atoms with van der Waals surface area (Å²) in [4.78, 5) is 24.5. The highest BCUT2D eigenvalue weighted by molar-refractivity contribution is 7.18. The Labute approximate surface area is 126 Å². The van der Waals surface area contributed by atoms with Gasteiger partial charge >= 0.3 is 0 Å². The number of carbonyl (C=O) groups is 2. The van der Waals surface area contributed by atoms with Crippen LogP contribution in [0.1, 0.15) is 32.7 Å². The molecule has 0 aliphatic rings. The fraction of sp³-hybridized carbons (Fsp3) is 0.286. The molecule has 0 spiro atoms. The van der Waals surface area contributed by atoms with Crippen molar-refractivity contribution in [2.24, 2.45) is 5.73 Å². The number of furan rings is 1. The van der Waals surface area contributed by atoms with Crippen molar-refractivity contribution in [3.05, 3.63) is 40.7 Å². The van der Waals surface area contributed by atoms with E-state index < -0.39 is 0 Å². The molecule has 0 aromatic carbocycles. The van der Waals surface area contributed by atoms with Crippen molar-refractivity contribution < 1.29 is 14.0 Å². The van der Waals surface area contributed by atoms with E-state index in [0.29, 0.717) is 16.4 Å². The van der Waals surface area contributed by atoms with Gasteiger partial charge in [-0.2, -0.15) is 0 Å². The third-order valence-corrected chi connectivity index (χ3v) is 3.99. The average molecular weight is 307 g/mol. The van der Waals surface area contributed by atoms with Gasteiger partial charge in [-0.1, -0.05) is 0 Å². The van der Waals surface area contributed by atoms with E-state index in [9.17, 15) is 9.59 Å². The molecule has 2 aromatic rings. The van der Waals surface area contributed by atoms with Crippen molar-refractivity contribution in [2.45, 2.75) is 19.9 Å². The van der Waals surface area contributed by atoms with Gasteiger partial charge in [-0.25, -0.2) is 0 Å². The van der Waals surface area contributed by atoms with Gasteiger partial charge in [0.1, 0.15) is 0 Å². The lowest BCUT2D eigenvalue weighted by atomic mass is 10.2. The van der Waals surface area contributed by atoms with Crippen LogP contribution in [0.15, 0.2) is 28.9 Å². The van der Waals surface area contributed by atoms with Crippen LogP contribution in [0, 0.1) is 6.92 Å². The van der Waals surface area contributed by atoms with Crippen LogP contribution in [0.2, 0.25) is 0 Å². The lowest BCUT2D eigenvalue weighted by molar-refractivity contribution is 0.0943. The lowest BCUT2D eigenvalue weighted by Crippen LogP contribution is -2.37. The largest absolute Gasteiger partial charge is 0.459 e. The third kappa shape index (κ3) is 3.71. The highest BCUT2D eigenvalue weighted by Gasteiger charge is 2.17. The van der Waals surface area contributed by atoms with Gasteiger partial charge in [0.25, 0.3) is 11.8 Å². The second-order valence-corrected chi connectivity index (χ2v) is 5.72. The van der Waals surface area contributed by atoms with E-state index in [1.165, 1.54) is 17.6 Å². The SMILES string of the molecule is Cc1cc(NC(=O)c2ccco2)sc1C(=O)N[C@@H](C)CN.